The molecular weight excluding hydrogens is 255 g/mol. The highest BCUT2D eigenvalue weighted by Gasteiger charge is 2.16. The van der Waals surface area contributed by atoms with Crippen LogP contribution >= 0.6 is 0 Å². The van der Waals surface area contributed by atoms with Gasteiger partial charge in [0.2, 0.25) is 0 Å². The van der Waals surface area contributed by atoms with E-state index in [0.717, 1.165) is 18.0 Å². The lowest BCUT2D eigenvalue weighted by Crippen LogP contribution is -2.26. The van der Waals surface area contributed by atoms with E-state index >= 15 is 0 Å². The molecule has 1 atom stereocenters. The molecule has 1 unspecified atom stereocenters. The Labute approximate surface area is 119 Å². The van der Waals surface area contributed by atoms with Crippen LogP contribution in [0.25, 0.3) is 0 Å². The summed E-state index contributed by atoms with van der Waals surface area (Å²) in [6, 6.07) is 8.87. The second-order valence-corrected chi connectivity index (χ2v) is 5.01. The molecule has 0 saturated heterocycles. The van der Waals surface area contributed by atoms with Crippen LogP contribution < -0.4 is 10.6 Å². The lowest BCUT2D eigenvalue weighted by Gasteiger charge is -2.25. The third-order valence-electron chi connectivity index (χ3n) is 3.27. The Balaban J connectivity index is 2.31. The summed E-state index contributed by atoms with van der Waals surface area (Å²) in [6.07, 6.45) is 2.17. The molecule has 0 bridgehead atoms. The van der Waals surface area contributed by atoms with E-state index in [1.807, 2.05) is 32.0 Å². The Hall–Kier alpha value is -1.81. The molecule has 0 aliphatic heterocycles. The third kappa shape index (κ3) is 3.39. The molecule has 0 radical (unpaired) electrons. The van der Waals surface area contributed by atoms with Crippen molar-refractivity contribution >= 4 is 5.69 Å². The van der Waals surface area contributed by atoms with E-state index in [9.17, 15) is 4.39 Å². The largest absolute Gasteiger partial charge is 0.467 e. The van der Waals surface area contributed by atoms with Crippen molar-refractivity contribution in [2.75, 3.05) is 11.4 Å². The molecule has 1 heterocycles. The lowest BCUT2D eigenvalue weighted by molar-refractivity contribution is 0.502. The van der Waals surface area contributed by atoms with Gasteiger partial charge in [-0.15, -0.1) is 0 Å². The minimum absolute atomic E-state index is 0.0760. The Morgan fingerprint density at radius 1 is 1.30 bits per heavy atom. The zero-order valence-electron chi connectivity index (χ0n) is 12.0. The maximum Gasteiger partial charge on any atom is 0.128 e. The predicted molar refractivity (Wildman–Crippen MR) is 79.2 cm³/mol. The first kappa shape index (κ1) is 14.6. The van der Waals surface area contributed by atoms with Crippen molar-refractivity contribution < 1.29 is 8.81 Å². The number of rotatable bonds is 6. The predicted octanol–water partition coefficient (Wildman–Crippen LogP) is 3.33. The summed E-state index contributed by atoms with van der Waals surface area (Å²) in [4.78, 5) is 2.10. The van der Waals surface area contributed by atoms with Crippen LogP contribution in [0.3, 0.4) is 0 Å². The van der Waals surface area contributed by atoms with Crippen molar-refractivity contribution in [2.45, 2.75) is 32.9 Å². The van der Waals surface area contributed by atoms with Gasteiger partial charge >= 0.3 is 0 Å². The fourth-order valence-corrected chi connectivity index (χ4v) is 2.33. The van der Waals surface area contributed by atoms with Crippen molar-refractivity contribution in [2.24, 2.45) is 5.73 Å². The van der Waals surface area contributed by atoms with Gasteiger partial charge in [-0.3, -0.25) is 0 Å². The molecule has 3 nitrogen and oxygen atoms in total. The molecule has 0 aliphatic rings. The van der Waals surface area contributed by atoms with Gasteiger partial charge in [0.1, 0.15) is 11.6 Å². The normalized spacial score (nSPS) is 12.4. The summed E-state index contributed by atoms with van der Waals surface area (Å²) in [5.74, 6) is 0.667. The molecule has 1 aromatic carbocycles. The highest BCUT2D eigenvalue weighted by Crippen LogP contribution is 2.26. The van der Waals surface area contributed by atoms with Gasteiger partial charge in [0.05, 0.1) is 12.8 Å². The number of anilines is 1. The number of hydrogen-bond acceptors (Lipinski definition) is 3. The number of benzene rings is 1. The molecule has 20 heavy (non-hydrogen) atoms. The van der Waals surface area contributed by atoms with Crippen molar-refractivity contribution in [3.05, 3.63) is 53.7 Å². The highest BCUT2D eigenvalue weighted by atomic mass is 19.1. The minimum atomic E-state index is -0.197. The van der Waals surface area contributed by atoms with Crippen LogP contribution in [0.15, 0.2) is 41.0 Å². The fourth-order valence-electron chi connectivity index (χ4n) is 2.33. The molecule has 2 N–H and O–H groups in total. The van der Waals surface area contributed by atoms with Crippen LogP contribution in [-0.4, -0.2) is 12.6 Å². The quantitative estimate of drug-likeness (QED) is 0.880. The van der Waals surface area contributed by atoms with E-state index in [-0.39, 0.29) is 11.9 Å². The van der Waals surface area contributed by atoms with Crippen molar-refractivity contribution in [1.29, 1.82) is 0 Å². The van der Waals surface area contributed by atoms with Crippen molar-refractivity contribution in [3.63, 3.8) is 0 Å². The highest BCUT2D eigenvalue weighted by molar-refractivity contribution is 5.54. The molecule has 2 aromatic rings. The molecule has 0 fully saturated rings. The van der Waals surface area contributed by atoms with E-state index in [1.165, 1.54) is 6.07 Å². The van der Waals surface area contributed by atoms with Gasteiger partial charge in [0.25, 0.3) is 0 Å². The topological polar surface area (TPSA) is 42.4 Å². The zero-order chi connectivity index (χ0) is 14.5. The Bertz CT molecular complexity index is 537. The van der Waals surface area contributed by atoms with Crippen molar-refractivity contribution in [3.8, 4) is 0 Å². The number of nitrogens with two attached hydrogens (primary N) is 1. The van der Waals surface area contributed by atoms with Gasteiger partial charge in [0.15, 0.2) is 0 Å². The summed E-state index contributed by atoms with van der Waals surface area (Å²) in [5, 5.41) is 0. The third-order valence-corrected chi connectivity index (χ3v) is 3.27. The molecule has 0 saturated carbocycles. The first-order valence-corrected chi connectivity index (χ1v) is 6.92. The standard InChI is InChI=1S/C16H21FN2O/c1-3-19(11-13-6-5-9-20-13)16-8-4-7-15(17)14(16)10-12(2)18/h4-9,12H,3,10-11,18H2,1-2H3. The molecule has 0 spiro atoms. The first-order valence-electron chi connectivity index (χ1n) is 6.92. The van der Waals surface area contributed by atoms with Gasteiger partial charge < -0.3 is 15.1 Å². The Kier molecular flexibility index (Phi) is 4.79. The summed E-state index contributed by atoms with van der Waals surface area (Å²) < 4.78 is 19.5. The molecule has 108 valence electrons. The van der Waals surface area contributed by atoms with Crippen LogP contribution in [-0.2, 0) is 13.0 Å². The molecule has 4 heteroatoms. The average molecular weight is 276 g/mol. The molecule has 0 amide bonds. The summed E-state index contributed by atoms with van der Waals surface area (Å²) in [5.41, 5.74) is 7.40. The van der Waals surface area contributed by atoms with E-state index in [0.29, 0.717) is 18.5 Å². The molecule has 2 rings (SSSR count). The second-order valence-electron chi connectivity index (χ2n) is 5.01. The second kappa shape index (κ2) is 6.57. The number of nitrogens with zero attached hydrogens (tertiary/aromatic N) is 1. The fraction of sp³-hybridized carbons (Fsp3) is 0.375. The van der Waals surface area contributed by atoms with E-state index in [2.05, 4.69) is 4.90 Å². The van der Waals surface area contributed by atoms with E-state index < -0.39 is 0 Å². The maximum absolute atomic E-state index is 14.1. The number of hydrogen-bond donors (Lipinski definition) is 1. The zero-order valence-corrected chi connectivity index (χ0v) is 12.0. The minimum Gasteiger partial charge on any atom is -0.467 e. The molecule has 1 aromatic heterocycles. The number of halogens is 1. The van der Waals surface area contributed by atoms with Gasteiger partial charge in [-0.25, -0.2) is 4.39 Å². The SMILES string of the molecule is CCN(Cc1ccco1)c1cccc(F)c1CC(C)N. The van der Waals surface area contributed by atoms with E-state index in [4.69, 9.17) is 10.2 Å². The van der Waals surface area contributed by atoms with Crippen LogP contribution in [0, 0.1) is 5.82 Å². The first-order chi connectivity index (χ1) is 9.61. The monoisotopic (exact) mass is 276 g/mol. The molecule has 0 aliphatic carbocycles. The van der Waals surface area contributed by atoms with E-state index in [1.54, 1.807) is 12.3 Å². The average Bonchev–Trinajstić information content (AvgIpc) is 2.91. The molecular formula is C16H21FN2O. The lowest BCUT2D eigenvalue weighted by atomic mass is 10.0. The van der Waals surface area contributed by atoms with Crippen LogP contribution in [0.5, 0.6) is 0 Å². The smallest absolute Gasteiger partial charge is 0.128 e. The van der Waals surface area contributed by atoms with Gasteiger partial charge in [0, 0.05) is 23.8 Å². The van der Waals surface area contributed by atoms with Crippen LogP contribution in [0.4, 0.5) is 10.1 Å². The van der Waals surface area contributed by atoms with Gasteiger partial charge in [-0.2, -0.15) is 0 Å². The summed E-state index contributed by atoms with van der Waals surface area (Å²) in [7, 11) is 0. The van der Waals surface area contributed by atoms with Gasteiger partial charge in [-0.1, -0.05) is 6.07 Å². The summed E-state index contributed by atoms with van der Waals surface area (Å²) in [6.45, 7) is 5.33. The van der Waals surface area contributed by atoms with Crippen LogP contribution in [0.1, 0.15) is 25.2 Å². The Morgan fingerprint density at radius 2 is 2.10 bits per heavy atom. The van der Waals surface area contributed by atoms with Crippen LogP contribution in [0.2, 0.25) is 0 Å². The maximum atomic E-state index is 14.1. The van der Waals surface area contributed by atoms with Crippen molar-refractivity contribution in [1.82, 2.24) is 0 Å². The number of furan rings is 1. The van der Waals surface area contributed by atoms with Gasteiger partial charge in [-0.05, 0) is 44.5 Å². The summed E-state index contributed by atoms with van der Waals surface area (Å²) >= 11 is 0. The Morgan fingerprint density at radius 3 is 2.70 bits per heavy atom.